The van der Waals surface area contributed by atoms with Gasteiger partial charge in [0, 0.05) is 30.3 Å². The highest BCUT2D eigenvalue weighted by atomic mass is 16.2. The number of nitrogens with one attached hydrogen (secondary N) is 3. The van der Waals surface area contributed by atoms with Crippen LogP contribution in [0.2, 0.25) is 0 Å². The SMILES string of the molecule is Cc1cccc(CC(=O)NCCNC(=O)c2ccc(NC(=O)C(C)C)cc2)c1. The molecule has 0 bridgehead atoms. The molecule has 3 N–H and O–H groups in total. The summed E-state index contributed by atoms with van der Waals surface area (Å²) in [6.45, 7) is 6.32. The van der Waals surface area contributed by atoms with Crippen LogP contribution in [-0.4, -0.2) is 30.8 Å². The van der Waals surface area contributed by atoms with E-state index in [0.29, 0.717) is 30.8 Å². The van der Waals surface area contributed by atoms with Crippen molar-refractivity contribution in [1.82, 2.24) is 10.6 Å². The zero-order valence-electron chi connectivity index (χ0n) is 16.5. The Bertz CT molecular complexity index is 829. The Labute approximate surface area is 165 Å². The molecule has 0 fully saturated rings. The summed E-state index contributed by atoms with van der Waals surface area (Å²) in [4.78, 5) is 35.8. The van der Waals surface area contributed by atoms with E-state index < -0.39 is 0 Å². The maximum atomic E-state index is 12.1. The first-order chi connectivity index (χ1) is 13.3. The Hall–Kier alpha value is -3.15. The van der Waals surface area contributed by atoms with E-state index in [-0.39, 0.29) is 23.6 Å². The molecule has 148 valence electrons. The normalized spacial score (nSPS) is 10.4. The number of amides is 3. The van der Waals surface area contributed by atoms with Gasteiger partial charge in [-0.3, -0.25) is 14.4 Å². The van der Waals surface area contributed by atoms with E-state index in [1.54, 1.807) is 24.3 Å². The summed E-state index contributed by atoms with van der Waals surface area (Å²) in [6, 6.07) is 14.5. The van der Waals surface area contributed by atoms with Crippen molar-refractivity contribution in [3.8, 4) is 0 Å². The third-order valence-electron chi connectivity index (χ3n) is 4.12. The molecular weight excluding hydrogens is 354 g/mol. The quantitative estimate of drug-likeness (QED) is 0.615. The van der Waals surface area contributed by atoms with Gasteiger partial charge in [0.05, 0.1) is 6.42 Å². The summed E-state index contributed by atoms with van der Waals surface area (Å²) in [5, 5.41) is 8.34. The van der Waals surface area contributed by atoms with Gasteiger partial charge in [-0.1, -0.05) is 43.7 Å². The van der Waals surface area contributed by atoms with Crippen LogP contribution in [0.4, 0.5) is 5.69 Å². The summed E-state index contributed by atoms with van der Waals surface area (Å²) < 4.78 is 0. The van der Waals surface area contributed by atoms with Gasteiger partial charge in [-0.05, 0) is 36.8 Å². The molecule has 0 radical (unpaired) electrons. The molecule has 2 rings (SSSR count). The van der Waals surface area contributed by atoms with Crippen LogP contribution in [0.3, 0.4) is 0 Å². The van der Waals surface area contributed by atoms with Gasteiger partial charge >= 0.3 is 0 Å². The van der Waals surface area contributed by atoms with Crippen molar-refractivity contribution in [2.45, 2.75) is 27.2 Å². The van der Waals surface area contributed by atoms with Gasteiger partial charge in [0.1, 0.15) is 0 Å². The van der Waals surface area contributed by atoms with Gasteiger partial charge in [-0.25, -0.2) is 0 Å². The second kappa shape index (κ2) is 10.3. The zero-order valence-corrected chi connectivity index (χ0v) is 16.5. The highest BCUT2D eigenvalue weighted by Crippen LogP contribution is 2.11. The van der Waals surface area contributed by atoms with Gasteiger partial charge in [0.2, 0.25) is 11.8 Å². The second-order valence-electron chi connectivity index (χ2n) is 6.99. The van der Waals surface area contributed by atoms with Crippen molar-refractivity contribution in [2.75, 3.05) is 18.4 Å². The standard InChI is InChI=1S/C22H27N3O3/c1-15(2)21(27)25-19-9-7-18(8-10-19)22(28)24-12-11-23-20(26)14-17-6-4-5-16(3)13-17/h4-10,13,15H,11-12,14H2,1-3H3,(H,23,26)(H,24,28)(H,25,27). The molecule has 0 aliphatic rings. The molecule has 28 heavy (non-hydrogen) atoms. The van der Waals surface area contributed by atoms with Crippen LogP contribution in [-0.2, 0) is 16.0 Å². The molecule has 0 aromatic heterocycles. The van der Waals surface area contributed by atoms with Crippen molar-refractivity contribution in [1.29, 1.82) is 0 Å². The predicted octanol–water partition coefficient (Wildman–Crippen LogP) is 2.68. The summed E-state index contributed by atoms with van der Waals surface area (Å²) >= 11 is 0. The number of benzene rings is 2. The molecule has 0 aliphatic carbocycles. The molecule has 2 aromatic rings. The van der Waals surface area contributed by atoms with E-state index in [2.05, 4.69) is 16.0 Å². The van der Waals surface area contributed by atoms with E-state index in [1.165, 1.54) is 0 Å². The number of hydrogen-bond acceptors (Lipinski definition) is 3. The van der Waals surface area contributed by atoms with Crippen LogP contribution in [0.15, 0.2) is 48.5 Å². The monoisotopic (exact) mass is 381 g/mol. The van der Waals surface area contributed by atoms with Crippen LogP contribution >= 0.6 is 0 Å². The van der Waals surface area contributed by atoms with Gasteiger partial charge in [-0.2, -0.15) is 0 Å². The minimum atomic E-state index is -0.227. The molecule has 2 aromatic carbocycles. The van der Waals surface area contributed by atoms with Crippen molar-refractivity contribution >= 4 is 23.4 Å². The lowest BCUT2D eigenvalue weighted by Crippen LogP contribution is -2.35. The summed E-state index contributed by atoms with van der Waals surface area (Å²) in [5.74, 6) is -0.484. The van der Waals surface area contributed by atoms with Gasteiger partial charge < -0.3 is 16.0 Å². The Kier molecular flexibility index (Phi) is 7.75. The number of anilines is 1. The fourth-order valence-corrected chi connectivity index (χ4v) is 2.54. The maximum Gasteiger partial charge on any atom is 0.251 e. The third kappa shape index (κ3) is 6.87. The molecule has 6 heteroatoms. The van der Waals surface area contributed by atoms with Crippen molar-refractivity contribution in [2.24, 2.45) is 5.92 Å². The Morgan fingerprint density at radius 2 is 1.61 bits per heavy atom. The fraction of sp³-hybridized carbons (Fsp3) is 0.318. The summed E-state index contributed by atoms with van der Waals surface area (Å²) in [6.07, 6.45) is 0.319. The topological polar surface area (TPSA) is 87.3 Å². The number of aryl methyl sites for hydroxylation is 1. The fourth-order valence-electron chi connectivity index (χ4n) is 2.54. The van der Waals surface area contributed by atoms with E-state index in [0.717, 1.165) is 11.1 Å². The Morgan fingerprint density at radius 1 is 0.929 bits per heavy atom. The molecule has 0 heterocycles. The highest BCUT2D eigenvalue weighted by molar-refractivity contribution is 5.96. The molecule has 0 aliphatic heterocycles. The number of rotatable bonds is 8. The third-order valence-corrected chi connectivity index (χ3v) is 4.12. The average Bonchev–Trinajstić information content (AvgIpc) is 2.65. The van der Waals surface area contributed by atoms with Crippen LogP contribution in [0.25, 0.3) is 0 Å². The first kappa shape index (κ1) is 21.2. The van der Waals surface area contributed by atoms with E-state index >= 15 is 0 Å². The van der Waals surface area contributed by atoms with Crippen molar-refractivity contribution < 1.29 is 14.4 Å². The molecule has 6 nitrogen and oxygen atoms in total. The van der Waals surface area contributed by atoms with Crippen molar-refractivity contribution in [3.63, 3.8) is 0 Å². The maximum absolute atomic E-state index is 12.1. The van der Waals surface area contributed by atoms with Crippen LogP contribution < -0.4 is 16.0 Å². The first-order valence-corrected chi connectivity index (χ1v) is 9.36. The summed E-state index contributed by atoms with van der Waals surface area (Å²) in [7, 11) is 0. The highest BCUT2D eigenvalue weighted by Gasteiger charge is 2.09. The van der Waals surface area contributed by atoms with Crippen LogP contribution in [0, 0.1) is 12.8 Å². The Morgan fingerprint density at radius 3 is 2.25 bits per heavy atom. The lowest BCUT2D eigenvalue weighted by molar-refractivity contribution is -0.120. The number of carbonyl (C=O) groups excluding carboxylic acids is 3. The first-order valence-electron chi connectivity index (χ1n) is 9.36. The molecule has 0 saturated carbocycles. The molecular formula is C22H27N3O3. The molecule has 0 spiro atoms. The average molecular weight is 381 g/mol. The zero-order chi connectivity index (χ0) is 20.5. The van der Waals surface area contributed by atoms with Gasteiger partial charge in [0.25, 0.3) is 5.91 Å². The van der Waals surface area contributed by atoms with Gasteiger partial charge in [-0.15, -0.1) is 0 Å². The van der Waals surface area contributed by atoms with Crippen LogP contribution in [0.5, 0.6) is 0 Å². The molecule has 3 amide bonds. The van der Waals surface area contributed by atoms with Crippen molar-refractivity contribution in [3.05, 3.63) is 65.2 Å². The Balaban J connectivity index is 1.72. The number of carbonyl (C=O) groups is 3. The lowest BCUT2D eigenvalue weighted by atomic mass is 10.1. The van der Waals surface area contributed by atoms with Gasteiger partial charge in [0.15, 0.2) is 0 Å². The largest absolute Gasteiger partial charge is 0.354 e. The minimum absolute atomic E-state index is 0.0707. The van der Waals surface area contributed by atoms with Crippen LogP contribution in [0.1, 0.15) is 35.3 Å². The molecule has 0 atom stereocenters. The summed E-state index contributed by atoms with van der Waals surface area (Å²) in [5.41, 5.74) is 3.23. The molecule has 0 unspecified atom stereocenters. The lowest BCUT2D eigenvalue weighted by Gasteiger charge is -2.09. The molecule has 0 saturated heterocycles. The van der Waals surface area contributed by atoms with E-state index in [4.69, 9.17) is 0 Å². The predicted molar refractivity (Wildman–Crippen MR) is 110 cm³/mol. The minimum Gasteiger partial charge on any atom is -0.354 e. The van der Waals surface area contributed by atoms with E-state index in [1.807, 2.05) is 45.0 Å². The van der Waals surface area contributed by atoms with E-state index in [9.17, 15) is 14.4 Å². The second-order valence-corrected chi connectivity index (χ2v) is 6.99. The number of hydrogen-bond donors (Lipinski definition) is 3. The smallest absolute Gasteiger partial charge is 0.251 e.